The van der Waals surface area contributed by atoms with Crippen molar-refractivity contribution in [2.45, 2.75) is 38.2 Å². The molecule has 6 nitrogen and oxygen atoms in total. The molecule has 10 heteroatoms. The fourth-order valence-electron chi connectivity index (χ4n) is 4.00. The fraction of sp³-hybridized carbons (Fsp3) is 0.269. The van der Waals surface area contributed by atoms with E-state index in [0.717, 1.165) is 23.3 Å². The van der Waals surface area contributed by atoms with Gasteiger partial charge in [0.15, 0.2) is 0 Å². The molecule has 1 heterocycles. The second kappa shape index (κ2) is 9.94. The topological polar surface area (TPSA) is 75.7 Å². The number of para-hydroxylation sites is 1. The smallest absolute Gasteiger partial charge is 0.409 e. The largest absolute Gasteiger partial charge is 0.417 e. The van der Waals surface area contributed by atoms with Crippen LogP contribution in [0.15, 0.2) is 66.7 Å². The molecule has 36 heavy (non-hydrogen) atoms. The number of fused-ring (bicyclic) bond motifs is 1. The molecule has 0 aliphatic carbocycles. The summed E-state index contributed by atoms with van der Waals surface area (Å²) in [5, 5.41) is 2.17. The molecule has 0 atom stereocenters. The number of nitrogens with one attached hydrogen (secondary N) is 1. The molecular formula is C26H25F3N2O4S. The Morgan fingerprint density at radius 2 is 1.69 bits per heavy atom. The normalized spacial score (nSPS) is 14.4. The third-order valence-electron chi connectivity index (χ3n) is 6.00. The van der Waals surface area contributed by atoms with Crippen molar-refractivity contribution >= 4 is 21.8 Å². The minimum absolute atomic E-state index is 0.197. The highest BCUT2D eigenvalue weighted by molar-refractivity contribution is 7.89. The van der Waals surface area contributed by atoms with E-state index in [9.17, 15) is 26.4 Å². The van der Waals surface area contributed by atoms with Crippen LogP contribution in [-0.4, -0.2) is 30.6 Å². The summed E-state index contributed by atoms with van der Waals surface area (Å²) in [6.07, 6.45) is -4.68. The number of anilines is 1. The van der Waals surface area contributed by atoms with Gasteiger partial charge in [-0.05, 0) is 67.3 Å². The summed E-state index contributed by atoms with van der Waals surface area (Å²) < 4.78 is 70.5. The van der Waals surface area contributed by atoms with Crippen LogP contribution in [0, 0.1) is 0 Å². The van der Waals surface area contributed by atoms with Crippen LogP contribution >= 0.6 is 0 Å². The molecule has 0 spiro atoms. The lowest BCUT2D eigenvalue weighted by Crippen LogP contribution is -2.39. The van der Waals surface area contributed by atoms with Gasteiger partial charge in [-0.2, -0.15) is 17.5 Å². The lowest BCUT2D eigenvalue weighted by Gasteiger charge is -2.29. The number of nitrogens with zero attached hydrogens (tertiary/aromatic N) is 1. The van der Waals surface area contributed by atoms with E-state index in [1.54, 1.807) is 56.3 Å². The van der Waals surface area contributed by atoms with Crippen LogP contribution in [0.4, 0.5) is 23.7 Å². The van der Waals surface area contributed by atoms with Crippen molar-refractivity contribution in [2.24, 2.45) is 0 Å². The van der Waals surface area contributed by atoms with Crippen LogP contribution in [0.25, 0.3) is 11.1 Å². The molecule has 0 saturated carbocycles. The average Bonchev–Trinajstić information content (AvgIpc) is 2.83. The van der Waals surface area contributed by atoms with Crippen LogP contribution in [0.3, 0.4) is 0 Å². The summed E-state index contributed by atoms with van der Waals surface area (Å²) in [7, 11) is -3.36. The van der Waals surface area contributed by atoms with Crippen molar-refractivity contribution in [1.82, 2.24) is 4.31 Å². The molecule has 3 aromatic rings. The van der Waals surface area contributed by atoms with Gasteiger partial charge in [-0.25, -0.2) is 13.2 Å². The first kappa shape index (κ1) is 25.7. The van der Waals surface area contributed by atoms with Gasteiger partial charge in [0.2, 0.25) is 10.0 Å². The molecule has 0 bridgehead atoms. The number of carbonyl (C=O) groups excluding carboxylic acids is 1. The van der Waals surface area contributed by atoms with Gasteiger partial charge in [-0.1, -0.05) is 36.4 Å². The zero-order valence-corrected chi connectivity index (χ0v) is 20.5. The third-order valence-corrected chi connectivity index (χ3v) is 8.22. The van der Waals surface area contributed by atoms with Crippen LogP contribution in [0.5, 0.6) is 5.75 Å². The van der Waals surface area contributed by atoms with E-state index < -0.39 is 33.1 Å². The van der Waals surface area contributed by atoms with E-state index in [4.69, 9.17) is 4.74 Å². The van der Waals surface area contributed by atoms with E-state index in [1.165, 1.54) is 16.4 Å². The Morgan fingerprint density at radius 3 is 2.36 bits per heavy atom. The summed E-state index contributed by atoms with van der Waals surface area (Å²) in [5.41, 5.74) is 2.48. The first-order valence-corrected chi connectivity index (χ1v) is 12.8. The number of ether oxygens (including phenoxy) is 1. The Hall–Kier alpha value is -3.37. The van der Waals surface area contributed by atoms with Gasteiger partial charge in [0, 0.05) is 24.3 Å². The number of sulfonamides is 1. The quantitative estimate of drug-likeness (QED) is 0.444. The first-order chi connectivity index (χ1) is 16.9. The minimum Gasteiger partial charge on any atom is -0.409 e. The van der Waals surface area contributed by atoms with E-state index in [1.807, 2.05) is 0 Å². The summed E-state index contributed by atoms with van der Waals surface area (Å²) in [6, 6.07) is 16.4. The maximum Gasteiger partial charge on any atom is 0.417 e. The number of alkyl halides is 3. The molecule has 190 valence electrons. The van der Waals surface area contributed by atoms with Crippen molar-refractivity contribution in [1.29, 1.82) is 0 Å². The Morgan fingerprint density at radius 1 is 1.00 bits per heavy atom. The Kier molecular flexibility index (Phi) is 7.10. The van der Waals surface area contributed by atoms with Crippen LogP contribution in [0.1, 0.15) is 30.5 Å². The monoisotopic (exact) mass is 518 g/mol. The maximum atomic E-state index is 12.9. The Bertz CT molecular complexity index is 1370. The second-order valence-corrected chi connectivity index (χ2v) is 11.2. The molecule has 0 fully saturated rings. The zero-order valence-electron chi connectivity index (χ0n) is 19.7. The number of benzene rings is 3. The lowest BCUT2D eigenvalue weighted by molar-refractivity contribution is -0.137. The Balaban J connectivity index is 1.46. The van der Waals surface area contributed by atoms with E-state index in [2.05, 4.69) is 5.32 Å². The van der Waals surface area contributed by atoms with Gasteiger partial charge in [0.1, 0.15) is 5.75 Å². The predicted octanol–water partition coefficient (Wildman–Crippen LogP) is 6.08. The zero-order chi connectivity index (χ0) is 26.1. The summed E-state index contributed by atoms with van der Waals surface area (Å²) in [5.74, 6) is 0.197. The van der Waals surface area contributed by atoms with Crippen molar-refractivity contribution in [3.05, 3.63) is 83.4 Å². The van der Waals surface area contributed by atoms with E-state index in [0.29, 0.717) is 29.8 Å². The van der Waals surface area contributed by atoms with E-state index >= 15 is 0 Å². The van der Waals surface area contributed by atoms with Gasteiger partial charge in [0.25, 0.3) is 0 Å². The first-order valence-electron chi connectivity index (χ1n) is 11.3. The minimum atomic E-state index is -4.44. The van der Waals surface area contributed by atoms with Crippen LogP contribution in [0.2, 0.25) is 0 Å². The molecule has 0 saturated heterocycles. The van der Waals surface area contributed by atoms with E-state index in [-0.39, 0.29) is 12.3 Å². The summed E-state index contributed by atoms with van der Waals surface area (Å²) >= 11 is 0. The van der Waals surface area contributed by atoms with Crippen molar-refractivity contribution in [2.75, 3.05) is 11.9 Å². The highest BCUT2D eigenvalue weighted by Gasteiger charge is 2.30. The predicted molar refractivity (Wildman–Crippen MR) is 131 cm³/mol. The molecule has 1 N–H and O–H groups in total. The molecule has 1 amide bonds. The Labute approximate surface area is 207 Å². The molecule has 0 radical (unpaired) electrons. The second-order valence-electron chi connectivity index (χ2n) is 8.75. The number of hydrogen-bond acceptors (Lipinski definition) is 4. The molecular weight excluding hydrogens is 493 g/mol. The lowest BCUT2D eigenvalue weighted by atomic mass is 10.0. The highest BCUT2D eigenvalue weighted by atomic mass is 32.2. The maximum absolute atomic E-state index is 12.9. The molecule has 0 aromatic heterocycles. The van der Waals surface area contributed by atoms with Crippen molar-refractivity contribution in [3.63, 3.8) is 0 Å². The van der Waals surface area contributed by atoms with Gasteiger partial charge in [0.05, 0.1) is 10.8 Å². The number of halogens is 3. The molecule has 3 aromatic carbocycles. The number of carbonyl (C=O) groups is 1. The number of amides is 1. The summed E-state index contributed by atoms with van der Waals surface area (Å²) in [6.45, 7) is 3.95. The highest BCUT2D eigenvalue weighted by Crippen LogP contribution is 2.34. The van der Waals surface area contributed by atoms with Gasteiger partial charge < -0.3 is 4.74 Å². The fourth-order valence-corrected chi connectivity index (χ4v) is 5.26. The van der Waals surface area contributed by atoms with Crippen LogP contribution < -0.4 is 10.1 Å². The van der Waals surface area contributed by atoms with Gasteiger partial charge >= 0.3 is 12.3 Å². The molecule has 0 unspecified atom stereocenters. The third kappa shape index (κ3) is 5.55. The summed E-state index contributed by atoms with van der Waals surface area (Å²) in [4.78, 5) is 12.6. The van der Waals surface area contributed by atoms with Crippen molar-refractivity contribution in [3.8, 4) is 16.9 Å². The van der Waals surface area contributed by atoms with Crippen LogP contribution in [-0.2, 0) is 29.2 Å². The number of rotatable bonds is 5. The van der Waals surface area contributed by atoms with Crippen molar-refractivity contribution < 1.29 is 31.1 Å². The average molecular weight is 519 g/mol. The SMILES string of the molecule is CC(C)S(=O)(=O)N1CCc2cc(NC(=O)Oc3ccccc3-c3ccc(C(F)(F)F)cc3)ccc2C1. The molecule has 4 rings (SSSR count). The standard InChI is InChI=1S/C26H25F3N2O4S/c1-17(2)36(33,34)31-14-13-19-15-22(12-9-20(19)16-31)30-25(32)35-24-6-4-3-5-23(24)18-7-10-21(11-8-18)26(27,28)29/h3-12,15,17H,13-14,16H2,1-2H3,(H,30,32). The molecule has 1 aliphatic heterocycles. The number of hydrogen-bond donors (Lipinski definition) is 1. The molecule has 1 aliphatic rings. The van der Waals surface area contributed by atoms with Gasteiger partial charge in [-0.15, -0.1) is 0 Å². The van der Waals surface area contributed by atoms with Gasteiger partial charge in [-0.3, -0.25) is 5.32 Å².